The third-order valence-corrected chi connectivity index (χ3v) is 3.42. The Hall–Kier alpha value is -0.820. The molecular weight excluding hydrogens is 228 g/mol. The molecule has 0 unspecified atom stereocenters. The predicted molar refractivity (Wildman–Crippen MR) is 76.1 cm³/mol. The third-order valence-electron chi connectivity index (χ3n) is 2.52. The minimum atomic E-state index is 0.433. The van der Waals surface area contributed by atoms with Crippen LogP contribution in [-0.4, -0.2) is 24.5 Å². The maximum absolute atomic E-state index is 5.41. The summed E-state index contributed by atoms with van der Waals surface area (Å²) in [4.78, 5) is 3.87. The lowest BCUT2D eigenvalue weighted by atomic mass is 10.2. The second-order valence-electron chi connectivity index (χ2n) is 4.04. The Kier molecular flexibility index (Phi) is 6.95. The highest BCUT2D eigenvalue weighted by molar-refractivity contribution is 7.10. The van der Waals surface area contributed by atoms with Crippen molar-refractivity contribution >= 4 is 11.3 Å². The minimum absolute atomic E-state index is 0.433. The number of nitrogens with zero attached hydrogens (tertiary/aromatic N) is 1. The van der Waals surface area contributed by atoms with E-state index in [0.29, 0.717) is 6.54 Å². The minimum Gasteiger partial charge on any atom is -0.320 e. The third kappa shape index (κ3) is 4.91. The molecule has 1 aromatic heterocycles. The summed E-state index contributed by atoms with van der Waals surface area (Å²) in [6, 6.07) is 2.10. The summed E-state index contributed by atoms with van der Waals surface area (Å²) < 4.78 is 0. The molecule has 94 valence electrons. The first-order valence-electron chi connectivity index (χ1n) is 6.29. The topological polar surface area (TPSA) is 29.3 Å². The van der Waals surface area contributed by atoms with Crippen molar-refractivity contribution in [1.82, 2.24) is 4.90 Å². The van der Waals surface area contributed by atoms with Gasteiger partial charge in [-0.25, -0.2) is 0 Å². The molecule has 0 aromatic carbocycles. The number of rotatable bonds is 6. The van der Waals surface area contributed by atoms with Crippen LogP contribution in [0.5, 0.6) is 0 Å². The maximum atomic E-state index is 5.41. The lowest BCUT2D eigenvalue weighted by Gasteiger charge is -2.20. The summed E-state index contributed by atoms with van der Waals surface area (Å²) in [5.41, 5.74) is 6.56. The quantitative estimate of drug-likeness (QED) is 0.787. The van der Waals surface area contributed by atoms with Crippen molar-refractivity contribution in [3.8, 4) is 11.8 Å². The number of hydrogen-bond donors (Lipinski definition) is 1. The molecule has 0 atom stereocenters. The van der Waals surface area contributed by atoms with E-state index in [1.807, 2.05) is 0 Å². The van der Waals surface area contributed by atoms with Gasteiger partial charge in [-0.15, -0.1) is 11.3 Å². The summed E-state index contributed by atoms with van der Waals surface area (Å²) in [7, 11) is 0. The van der Waals surface area contributed by atoms with E-state index in [-0.39, 0.29) is 0 Å². The smallest absolute Gasteiger partial charge is 0.0555 e. The van der Waals surface area contributed by atoms with Crippen LogP contribution >= 0.6 is 11.3 Å². The highest BCUT2D eigenvalue weighted by Gasteiger charge is 2.08. The van der Waals surface area contributed by atoms with Crippen molar-refractivity contribution in [2.75, 3.05) is 19.6 Å². The predicted octanol–water partition coefficient (Wildman–Crippen LogP) is 2.68. The highest BCUT2D eigenvalue weighted by Crippen LogP contribution is 2.18. The second kappa shape index (κ2) is 8.30. The van der Waals surface area contributed by atoms with Gasteiger partial charge in [0.1, 0.15) is 0 Å². The van der Waals surface area contributed by atoms with Crippen LogP contribution in [0.1, 0.15) is 37.1 Å². The van der Waals surface area contributed by atoms with Gasteiger partial charge in [0.25, 0.3) is 0 Å². The fourth-order valence-corrected chi connectivity index (χ4v) is 2.70. The first kappa shape index (κ1) is 14.2. The monoisotopic (exact) mass is 250 g/mol. The molecule has 0 fully saturated rings. The molecule has 0 saturated heterocycles. The zero-order valence-electron chi connectivity index (χ0n) is 10.8. The van der Waals surface area contributed by atoms with Gasteiger partial charge in [0.05, 0.1) is 6.54 Å². The summed E-state index contributed by atoms with van der Waals surface area (Å²) in [5, 5.41) is 2.12. The fourth-order valence-electron chi connectivity index (χ4n) is 1.83. The van der Waals surface area contributed by atoms with Crippen LogP contribution in [-0.2, 0) is 6.54 Å². The lowest BCUT2D eigenvalue weighted by Crippen LogP contribution is -2.24. The van der Waals surface area contributed by atoms with Crippen molar-refractivity contribution in [2.45, 2.75) is 33.2 Å². The van der Waals surface area contributed by atoms with Crippen LogP contribution in [0.15, 0.2) is 11.4 Å². The summed E-state index contributed by atoms with van der Waals surface area (Å²) in [6.07, 6.45) is 2.41. The van der Waals surface area contributed by atoms with Gasteiger partial charge >= 0.3 is 0 Å². The van der Waals surface area contributed by atoms with E-state index in [1.54, 1.807) is 11.3 Å². The molecule has 0 aliphatic carbocycles. The summed E-state index contributed by atoms with van der Waals surface area (Å²) in [5.74, 6) is 6.09. The number of nitrogens with two attached hydrogens (primary N) is 1. The van der Waals surface area contributed by atoms with Crippen LogP contribution in [0.4, 0.5) is 0 Å². The van der Waals surface area contributed by atoms with Crippen molar-refractivity contribution < 1.29 is 0 Å². The molecule has 1 aromatic rings. The van der Waals surface area contributed by atoms with Crippen LogP contribution in [0, 0.1) is 11.8 Å². The molecule has 1 heterocycles. The molecule has 0 bridgehead atoms. The molecule has 2 N–H and O–H groups in total. The molecule has 17 heavy (non-hydrogen) atoms. The molecule has 1 rings (SSSR count). The van der Waals surface area contributed by atoms with E-state index in [0.717, 1.165) is 25.2 Å². The molecule has 0 amide bonds. The van der Waals surface area contributed by atoms with Crippen molar-refractivity contribution in [2.24, 2.45) is 5.73 Å². The molecule has 2 nitrogen and oxygen atoms in total. The van der Waals surface area contributed by atoms with Gasteiger partial charge in [0.15, 0.2) is 0 Å². The SMILES string of the molecule is CCCN(CCC)Cc1sccc1C#CCN. The lowest BCUT2D eigenvalue weighted by molar-refractivity contribution is 0.268. The Morgan fingerprint density at radius 1 is 1.29 bits per heavy atom. The van der Waals surface area contributed by atoms with Gasteiger partial charge in [0.2, 0.25) is 0 Å². The largest absolute Gasteiger partial charge is 0.320 e. The van der Waals surface area contributed by atoms with Crippen LogP contribution < -0.4 is 5.73 Å². The Labute approximate surface area is 109 Å². The Morgan fingerprint density at radius 2 is 2.00 bits per heavy atom. The Balaban J connectivity index is 2.68. The van der Waals surface area contributed by atoms with Gasteiger partial charge in [-0.05, 0) is 37.4 Å². The van der Waals surface area contributed by atoms with Gasteiger partial charge in [-0.2, -0.15) is 0 Å². The zero-order chi connectivity index (χ0) is 12.5. The highest BCUT2D eigenvalue weighted by atomic mass is 32.1. The molecule has 0 radical (unpaired) electrons. The number of thiophene rings is 1. The summed E-state index contributed by atoms with van der Waals surface area (Å²) >= 11 is 1.80. The molecular formula is C14H22N2S. The molecule has 0 aliphatic rings. The van der Waals surface area contributed by atoms with Crippen molar-refractivity contribution in [3.05, 3.63) is 21.9 Å². The van der Waals surface area contributed by atoms with Gasteiger partial charge in [-0.3, -0.25) is 4.90 Å². The van der Waals surface area contributed by atoms with E-state index >= 15 is 0 Å². The van der Waals surface area contributed by atoms with Crippen LogP contribution in [0.25, 0.3) is 0 Å². The van der Waals surface area contributed by atoms with Gasteiger partial charge in [-0.1, -0.05) is 25.7 Å². The Bertz CT molecular complexity index is 367. The van der Waals surface area contributed by atoms with Gasteiger partial charge in [0, 0.05) is 17.0 Å². The van der Waals surface area contributed by atoms with Gasteiger partial charge < -0.3 is 5.73 Å². The maximum Gasteiger partial charge on any atom is 0.0555 e. The molecule has 3 heteroatoms. The zero-order valence-corrected chi connectivity index (χ0v) is 11.6. The number of hydrogen-bond acceptors (Lipinski definition) is 3. The fraction of sp³-hybridized carbons (Fsp3) is 0.571. The molecule has 0 spiro atoms. The summed E-state index contributed by atoms with van der Waals surface area (Å²) in [6.45, 7) is 8.24. The van der Waals surface area contributed by atoms with E-state index in [1.165, 1.54) is 17.7 Å². The molecule has 0 saturated carbocycles. The van der Waals surface area contributed by atoms with Crippen LogP contribution in [0.2, 0.25) is 0 Å². The van der Waals surface area contributed by atoms with Crippen molar-refractivity contribution in [1.29, 1.82) is 0 Å². The standard InChI is InChI=1S/C14H22N2S/c1-3-9-16(10-4-2)12-14-13(6-5-8-15)7-11-17-14/h7,11H,3-4,8-10,12,15H2,1-2H3. The normalized spacial score (nSPS) is 10.4. The van der Waals surface area contributed by atoms with E-state index < -0.39 is 0 Å². The average molecular weight is 250 g/mol. The first-order valence-corrected chi connectivity index (χ1v) is 7.17. The van der Waals surface area contributed by atoms with E-state index in [9.17, 15) is 0 Å². The molecule has 0 aliphatic heterocycles. The van der Waals surface area contributed by atoms with Crippen LogP contribution in [0.3, 0.4) is 0 Å². The van der Waals surface area contributed by atoms with E-state index in [2.05, 4.69) is 42.0 Å². The Morgan fingerprint density at radius 3 is 2.59 bits per heavy atom. The second-order valence-corrected chi connectivity index (χ2v) is 5.04. The average Bonchev–Trinajstić information content (AvgIpc) is 2.74. The van der Waals surface area contributed by atoms with E-state index in [4.69, 9.17) is 5.73 Å². The van der Waals surface area contributed by atoms with Crippen molar-refractivity contribution in [3.63, 3.8) is 0 Å². The first-order chi connectivity index (χ1) is 8.31.